The number of carbonyl (C=O) groups excluding carboxylic acids is 1. The molecule has 0 spiro atoms. The van der Waals surface area contributed by atoms with Crippen molar-refractivity contribution in [1.82, 2.24) is 10.2 Å². The van der Waals surface area contributed by atoms with Crippen molar-refractivity contribution in [2.75, 3.05) is 19.6 Å². The molecule has 1 heterocycles. The highest BCUT2D eigenvalue weighted by molar-refractivity contribution is 5.76. The number of piperidine rings is 1. The van der Waals surface area contributed by atoms with E-state index < -0.39 is 0 Å². The topological polar surface area (TPSA) is 52.6 Å². The molecule has 1 fully saturated rings. The number of hydrogen-bond acceptors (Lipinski definition) is 3. The summed E-state index contributed by atoms with van der Waals surface area (Å²) in [7, 11) is 0. The summed E-state index contributed by atoms with van der Waals surface area (Å²) in [6.07, 6.45) is 4.86. The van der Waals surface area contributed by atoms with Gasteiger partial charge in [0.1, 0.15) is 5.75 Å². The first kappa shape index (κ1) is 17.8. The molecule has 2 rings (SSSR count). The molecular weight excluding hydrogens is 288 g/mol. The van der Waals surface area contributed by atoms with E-state index in [1.54, 1.807) is 12.1 Å². The number of hydrogen-bond donors (Lipinski definition) is 2. The highest BCUT2D eigenvalue weighted by Gasteiger charge is 2.18. The van der Waals surface area contributed by atoms with Crippen LogP contribution in [0.1, 0.15) is 45.1 Å². The second kappa shape index (κ2) is 8.92. The zero-order valence-corrected chi connectivity index (χ0v) is 14.4. The Labute approximate surface area is 139 Å². The van der Waals surface area contributed by atoms with Gasteiger partial charge in [-0.05, 0) is 62.8 Å². The predicted molar refractivity (Wildman–Crippen MR) is 93.5 cm³/mol. The highest BCUT2D eigenvalue weighted by Crippen LogP contribution is 2.15. The first-order valence-corrected chi connectivity index (χ1v) is 8.82. The molecule has 2 atom stereocenters. The summed E-state index contributed by atoms with van der Waals surface area (Å²) in [5, 5.41) is 12.4. The molecule has 4 heteroatoms. The van der Waals surface area contributed by atoms with Gasteiger partial charge in [0.2, 0.25) is 5.91 Å². The van der Waals surface area contributed by atoms with Crippen molar-refractivity contribution in [3.8, 4) is 5.75 Å². The number of rotatable bonds is 7. The monoisotopic (exact) mass is 318 g/mol. The summed E-state index contributed by atoms with van der Waals surface area (Å²) in [6, 6.07) is 7.41. The fourth-order valence-corrected chi connectivity index (χ4v) is 3.35. The Morgan fingerprint density at radius 1 is 1.39 bits per heavy atom. The van der Waals surface area contributed by atoms with E-state index in [4.69, 9.17) is 0 Å². The molecule has 23 heavy (non-hydrogen) atoms. The van der Waals surface area contributed by atoms with Crippen LogP contribution in [0.2, 0.25) is 0 Å². The maximum absolute atomic E-state index is 12.0. The van der Waals surface area contributed by atoms with Gasteiger partial charge in [0.15, 0.2) is 0 Å². The lowest BCUT2D eigenvalue weighted by molar-refractivity contribution is -0.121. The molecule has 2 N–H and O–H groups in total. The van der Waals surface area contributed by atoms with Crippen LogP contribution in [0.25, 0.3) is 0 Å². The fraction of sp³-hybridized carbons (Fsp3) is 0.632. The Morgan fingerprint density at radius 2 is 2.13 bits per heavy atom. The Kier molecular flexibility index (Phi) is 6.90. The van der Waals surface area contributed by atoms with Gasteiger partial charge < -0.3 is 15.3 Å². The molecule has 1 aromatic rings. The van der Waals surface area contributed by atoms with Crippen LogP contribution >= 0.6 is 0 Å². The van der Waals surface area contributed by atoms with Crippen molar-refractivity contribution in [1.29, 1.82) is 0 Å². The molecule has 1 saturated heterocycles. The van der Waals surface area contributed by atoms with Crippen LogP contribution in [-0.2, 0) is 11.2 Å². The summed E-state index contributed by atoms with van der Waals surface area (Å²) in [4.78, 5) is 14.5. The molecule has 128 valence electrons. The molecule has 4 nitrogen and oxygen atoms in total. The van der Waals surface area contributed by atoms with Gasteiger partial charge in [-0.25, -0.2) is 0 Å². The summed E-state index contributed by atoms with van der Waals surface area (Å²) >= 11 is 0. The minimum atomic E-state index is 0.140. The van der Waals surface area contributed by atoms with Crippen LogP contribution in [0.3, 0.4) is 0 Å². The number of carbonyl (C=O) groups is 1. The van der Waals surface area contributed by atoms with Gasteiger partial charge in [-0.2, -0.15) is 0 Å². The van der Waals surface area contributed by atoms with Gasteiger partial charge in [0, 0.05) is 25.6 Å². The van der Waals surface area contributed by atoms with Crippen molar-refractivity contribution >= 4 is 5.91 Å². The molecule has 0 bridgehead atoms. The number of phenolic OH excluding ortho intramolecular Hbond substituents is 1. The van der Waals surface area contributed by atoms with Crippen molar-refractivity contribution in [3.05, 3.63) is 29.8 Å². The molecule has 0 unspecified atom stereocenters. The SMILES string of the molecule is C[C@@H]1CCCN(C[C@H](C)NC(=O)CCCc2ccc(O)cc2)C1. The van der Waals surface area contributed by atoms with E-state index in [-0.39, 0.29) is 17.7 Å². The number of amides is 1. The number of likely N-dealkylation sites (tertiary alicyclic amines) is 1. The number of aryl methyl sites for hydroxylation is 1. The zero-order valence-electron chi connectivity index (χ0n) is 14.4. The van der Waals surface area contributed by atoms with Gasteiger partial charge in [0.25, 0.3) is 0 Å². The van der Waals surface area contributed by atoms with Gasteiger partial charge in [0.05, 0.1) is 0 Å². The summed E-state index contributed by atoms with van der Waals surface area (Å²) in [5.74, 6) is 1.20. The Morgan fingerprint density at radius 3 is 2.83 bits per heavy atom. The smallest absolute Gasteiger partial charge is 0.220 e. The fourth-order valence-electron chi connectivity index (χ4n) is 3.35. The van der Waals surface area contributed by atoms with E-state index in [2.05, 4.69) is 24.1 Å². The third kappa shape index (κ3) is 6.61. The predicted octanol–water partition coefficient (Wildman–Crippen LogP) is 2.95. The lowest BCUT2D eigenvalue weighted by Gasteiger charge is -2.32. The molecule has 1 aliphatic heterocycles. The number of nitrogens with one attached hydrogen (secondary N) is 1. The maximum Gasteiger partial charge on any atom is 0.220 e. The number of benzene rings is 1. The Balaban J connectivity index is 1.62. The molecule has 0 aromatic heterocycles. The van der Waals surface area contributed by atoms with E-state index in [9.17, 15) is 9.90 Å². The molecule has 1 aliphatic rings. The zero-order chi connectivity index (χ0) is 16.7. The van der Waals surface area contributed by atoms with Crippen LogP contribution in [0.5, 0.6) is 5.75 Å². The van der Waals surface area contributed by atoms with Crippen LogP contribution in [-0.4, -0.2) is 41.6 Å². The summed E-state index contributed by atoms with van der Waals surface area (Å²) in [6.45, 7) is 7.66. The summed E-state index contributed by atoms with van der Waals surface area (Å²) < 4.78 is 0. The Hall–Kier alpha value is -1.55. The minimum absolute atomic E-state index is 0.140. The van der Waals surface area contributed by atoms with E-state index >= 15 is 0 Å². The number of nitrogens with zero attached hydrogens (tertiary/aromatic N) is 1. The average Bonchev–Trinajstić information content (AvgIpc) is 2.49. The normalized spacial score (nSPS) is 20.2. The first-order valence-electron chi connectivity index (χ1n) is 8.82. The second-order valence-corrected chi connectivity index (χ2v) is 7.00. The third-order valence-electron chi connectivity index (χ3n) is 4.49. The molecule has 1 amide bonds. The average molecular weight is 318 g/mol. The van der Waals surface area contributed by atoms with Crippen molar-refractivity contribution in [2.24, 2.45) is 5.92 Å². The largest absolute Gasteiger partial charge is 0.508 e. The van der Waals surface area contributed by atoms with Crippen LogP contribution in [0, 0.1) is 5.92 Å². The van der Waals surface area contributed by atoms with Gasteiger partial charge in [-0.1, -0.05) is 19.1 Å². The van der Waals surface area contributed by atoms with Crippen LogP contribution < -0.4 is 5.32 Å². The number of phenols is 1. The molecule has 0 saturated carbocycles. The van der Waals surface area contributed by atoms with Crippen molar-refractivity contribution in [3.63, 3.8) is 0 Å². The maximum atomic E-state index is 12.0. The lowest BCUT2D eigenvalue weighted by atomic mass is 10.00. The summed E-state index contributed by atoms with van der Waals surface area (Å²) in [5.41, 5.74) is 1.16. The van der Waals surface area contributed by atoms with Crippen LogP contribution in [0.4, 0.5) is 0 Å². The molecule has 0 radical (unpaired) electrons. The van der Waals surface area contributed by atoms with E-state index in [1.807, 2.05) is 12.1 Å². The minimum Gasteiger partial charge on any atom is -0.508 e. The standard InChI is InChI=1S/C19H30N2O2/c1-15-5-4-12-21(13-15)14-16(2)20-19(23)7-3-6-17-8-10-18(22)11-9-17/h8-11,15-16,22H,3-7,12-14H2,1-2H3,(H,20,23)/t15-,16+/m1/s1. The van der Waals surface area contributed by atoms with E-state index in [0.717, 1.165) is 44.0 Å². The molecule has 0 aliphatic carbocycles. The third-order valence-corrected chi connectivity index (χ3v) is 4.49. The lowest BCUT2D eigenvalue weighted by Crippen LogP contribution is -2.45. The number of aromatic hydroxyl groups is 1. The van der Waals surface area contributed by atoms with Gasteiger partial charge in [-0.3, -0.25) is 4.79 Å². The van der Waals surface area contributed by atoms with E-state index in [1.165, 1.54) is 12.8 Å². The quantitative estimate of drug-likeness (QED) is 0.813. The molecular formula is C19H30N2O2. The van der Waals surface area contributed by atoms with Crippen LogP contribution in [0.15, 0.2) is 24.3 Å². The Bertz CT molecular complexity index is 487. The van der Waals surface area contributed by atoms with Gasteiger partial charge in [-0.15, -0.1) is 0 Å². The van der Waals surface area contributed by atoms with Crippen molar-refractivity contribution in [2.45, 2.75) is 52.0 Å². The first-order chi connectivity index (χ1) is 11.0. The van der Waals surface area contributed by atoms with Gasteiger partial charge >= 0.3 is 0 Å². The second-order valence-electron chi connectivity index (χ2n) is 7.00. The molecule has 1 aromatic carbocycles. The van der Waals surface area contributed by atoms with Crippen molar-refractivity contribution < 1.29 is 9.90 Å². The highest BCUT2D eigenvalue weighted by atomic mass is 16.3. The van der Waals surface area contributed by atoms with E-state index in [0.29, 0.717) is 6.42 Å².